The van der Waals surface area contributed by atoms with Crippen molar-refractivity contribution in [2.45, 2.75) is 44.9 Å². The lowest BCUT2D eigenvalue weighted by atomic mass is 9.78. The Bertz CT molecular complexity index is 751. The van der Waals surface area contributed by atoms with Gasteiger partial charge < -0.3 is 4.74 Å². The zero-order valence-electron chi connectivity index (χ0n) is 14.3. The summed E-state index contributed by atoms with van der Waals surface area (Å²) in [7, 11) is 0. The molecule has 2 nitrogen and oxygen atoms in total. The average molecular weight is 361 g/mol. The van der Waals surface area contributed by atoms with Gasteiger partial charge in [0.1, 0.15) is 11.6 Å². The van der Waals surface area contributed by atoms with E-state index in [0.29, 0.717) is 10.9 Å². The van der Waals surface area contributed by atoms with Crippen LogP contribution < -0.4 is 4.74 Å². The molecule has 0 saturated heterocycles. The van der Waals surface area contributed by atoms with Gasteiger partial charge in [-0.05, 0) is 67.3 Å². The van der Waals surface area contributed by atoms with E-state index in [1.54, 1.807) is 24.3 Å². The van der Waals surface area contributed by atoms with E-state index in [1.807, 2.05) is 6.07 Å². The Morgan fingerprint density at radius 2 is 1.88 bits per heavy atom. The molecular weight excluding hydrogens is 339 g/mol. The lowest BCUT2D eigenvalue weighted by Gasteiger charge is -2.28. The van der Waals surface area contributed by atoms with Gasteiger partial charge in [0.25, 0.3) is 0 Å². The summed E-state index contributed by atoms with van der Waals surface area (Å²) in [5.41, 5.74) is 0.910. The third-order valence-electron chi connectivity index (χ3n) is 5.15. The van der Waals surface area contributed by atoms with E-state index in [2.05, 4.69) is 6.92 Å². The van der Waals surface area contributed by atoms with Crippen molar-refractivity contribution in [2.75, 3.05) is 0 Å². The number of hydrogen-bond donors (Lipinski definition) is 0. The molecule has 2 aromatic rings. The number of carbonyl (C=O) groups is 1. The standard InChI is InChI=1S/C21H22ClFO2/c1-2-14-7-9-15(10-8-14)16-11-12-17(19(23)13-16)21(24)25-20-6-4-3-5-18(20)22/h3-6,11-15H,2,7-10H2,1H3. The van der Waals surface area contributed by atoms with E-state index in [0.717, 1.165) is 24.3 Å². The Balaban J connectivity index is 1.71. The molecule has 0 N–H and O–H groups in total. The number of rotatable bonds is 4. The van der Waals surface area contributed by atoms with Crippen LogP contribution in [0.4, 0.5) is 4.39 Å². The molecular formula is C21H22ClFO2. The van der Waals surface area contributed by atoms with Crippen LogP contribution in [0.1, 0.15) is 60.9 Å². The van der Waals surface area contributed by atoms with Crippen molar-refractivity contribution in [3.8, 4) is 5.75 Å². The van der Waals surface area contributed by atoms with Gasteiger partial charge in [-0.3, -0.25) is 0 Å². The van der Waals surface area contributed by atoms with E-state index in [-0.39, 0.29) is 11.3 Å². The quantitative estimate of drug-likeness (QED) is 0.467. The summed E-state index contributed by atoms with van der Waals surface area (Å²) in [6.07, 6.45) is 5.77. The van der Waals surface area contributed by atoms with Crippen molar-refractivity contribution >= 4 is 17.6 Å². The molecule has 0 heterocycles. The van der Waals surface area contributed by atoms with Crippen molar-refractivity contribution in [3.05, 3.63) is 64.4 Å². The molecule has 0 amide bonds. The highest BCUT2D eigenvalue weighted by Crippen LogP contribution is 2.37. The average Bonchev–Trinajstić information content (AvgIpc) is 2.63. The maximum absolute atomic E-state index is 14.5. The second kappa shape index (κ2) is 8.01. The minimum absolute atomic E-state index is 0.0640. The maximum atomic E-state index is 14.5. The summed E-state index contributed by atoms with van der Waals surface area (Å²) >= 11 is 5.98. The first-order valence-electron chi connectivity index (χ1n) is 8.84. The summed E-state index contributed by atoms with van der Waals surface area (Å²) in [6.45, 7) is 2.23. The predicted molar refractivity (Wildman–Crippen MR) is 97.8 cm³/mol. The van der Waals surface area contributed by atoms with E-state index < -0.39 is 11.8 Å². The molecule has 0 radical (unpaired) electrons. The van der Waals surface area contributed by atoms with Crippen molar-refractivity contribution in [3.63, 3.8) is 0 Å². The molecule has 0 bridgehead atoms. The van der Waals surface area contributed by atoms with Gasteiger partial charge in [-0.1, -0.05) is 43.1 Å². The van der Waals surface area contributed by atoms with Crippen LogP contribution in [-0.4, -0.2) is 5.97 Å². The van der Waals surface area contributed by atoms with Gasteiger partial charge in [-0.2, -0.15) is 0 Å². The molecule has 2 aromatic carbocycles. The number of carbonyl (C=O) groups excluding carboxylic acids is 1. The van der Waals surface area contributed by atoms with Gasteiger partial charge >= 0.3 is 5.97 Å². The minimum atomic E-state index is -0.730. The summed E-state index contributed by atoms with van der Waals surface area (Å²) in [5, 5.41) is 0.320. The van der Waals surface area contributed by atoms with Gasteiger partial charge in [-0.25, -0.2) is 9.18 Å². The zero-order chi connectivity index (χ0) is 17.8. The van der Waals surface area contributed by atoms with E-state index in [9.17, 15) is 9.18 Å². The Hall–Kier alpha value is -1.87. The monoisotopic (exact) mass is 360 g/mol. The summed E-state index contributed by atoms with van der Waals surface area (Å²) in [6, 6.07) is 11.5. The lowest BCUT2D eigenvalue weighted by molar-refractivity contribution is 0.0730. The number of halogens is 2. The molecule has 1 aliphatic carbocycles. The molecule has 1 fully saturated rings. The highest BCUT2D eigenvalue weighted by molar-refractivity contribution is 6.32. The Morgan fingerprint density at radius 1 is 1.16 bits per heavy atom. The normalized spacial score (nSPS) is 20.3. The SMILES string of the molecule is CCC1CCC(c2ccc(C(=O)Oc3ccccc3Cl)c(F)c2)CC1. The van der Waals surface area contributed by atoms with Gasteiger partial charge in [0.15, 0.2) is 0 Å². The first-order valence-corrected chi connectivity index (χ1v) is 9.22. The smallest absolute Gasteiger partial charge is 0.346 e. The molecule has 0 atom stereocenters. The number of esters is 1. The number of benzene rings is 2. The fourth-order valence-corrected chi connectivity index (χ4v) is 3.71. The van der Waals surface area contributed by atoms with Crippen LogP contribution in [0.15, 0.2) is 42.5 Å². The van der Waals surface area contributed by atoms with Gasteiger partial charge in [0.05, 0.1) is 10.6 Å². The first-order chi connectivity index (χ1) is 12.1. The van der Waals surface area contributed by atoms with Crippen LogP contribution in [0, 0.1) is 11.7 Å². The molecule has 1 saturated carbocycles. The highest BCUT2D eigenvalue weighted by Gasteiger charge is 2.23. The van der Waals surface area contributed by atoms with Crippen molar-refractivity contribution < 1.29 is 13.9 Å². The summed E-state index contributed by atoms with van der Waals surface area (Å²) in [4.78, 5) is 12.2. The first kappa shape index (κ1) is 17.9. The third kappa shape index (κ3) is 4.21. The molecule has 0 aliphatic heterocycles. The molecule has 3 rings (SSSR count). The fraction of sp³-hybridized carbons (Fsp3) is 0.381. The van der Waals surface area contributed by atoms with Crippen molar-refractivity contribution in [2.24, 2.45) is 5.92 Å². The van der Waals surface area contributed by atoms with Crippen LogP contribution in [0.5, 0.6) is 5.75 Å². The number of para-hydroxylation sites is 1. The van der Waals surface area contributed by atoms with Gasteiger partial charge in [0, 0.05) is 0 Å². The third-order valence-corrected chi connectivity index (χ3v) is 5.46. The molecule has 1 aliphatic rings. The van der Waals surface area contributed by atoms with E-state index in [1.165, 1.54) is 31.4 Å². The molecule has 132 valence electrons. The Kier molecular flexibility index (Phi) is 5.74. The summed E-state index contributed by atoms with van der Waals surface area (Å²) < 4.78 is 19.7. The van der Waals surface area contributed by atoms with Gasteiger partial charge in [0.2, 0.25) is 0 Å². The molecule has 25 heavy (non-hydrogen) atoms. The molecule has 0 aromatic heterocycles. The summed E-state index contributed by atoms with van der Waals surface area (Å²) in [5.74, 6) is 0.145. The molecule has 4 heteroatoms. The molecule has 0 spiro atoms. The van der Waals surface area contributed by atoms with Crippen LogP contribution in [0.25, 0.3) is 0 Å². The lowest BCUT2D eigenvalue weighted by Crippen LogP contribution is -2.14. The topological polar surface area (TPSA) is 26.3 Å². The van der Waals surface area contributed by atoms with E-state index >= 15 is 0 Å². The van der Waals surface area contributed by atoms with E-state index in [4.69, 9.17) is 16.3 Å². The van der Waals surface area contributed by atoms with Crippen LogP contribution in [0.3, 0.4) is 0 Å². The fourth-order valence-electron chi connectivity index (χ4n) is 3.54. The Labute approximate surface area is 153 Å². The van der Waals surface area contributed by atoms with Crippen LogP contribution in [-0.2, 0) is 0 Å². The highest BCUT2D eigenvalue weighted by atomic mass is 35.5. The van der Waals surface area contributed by atoms with Crippen LogP contribution in [0.2, 0.25) is 5.02 Å². The second-order valence-corrected chi connectivity index (χ2v) is 7.09. The van der Waals surface area contributed by atoms with Crippen molar-refractivity contribution in [1.82, 2.24) is 0 Å². The molecule has 0 unspecified atom stereocenters. The number of hydrogen-bond acceptors (Lipinski definition) is 2. The van der Waals surface area contributed by atoms with Crippen LogP contribution >= 0.6 is 11.6 Å². The maximum Gasteiger partial charge on any atom is 0.346 e. The zero-order valence-corrected chi connectivity index (χ0v) is 15.1. The second-order valence-electron chi connectivity index (χ2n) is 6.69. The minimum Gasteiger partial charge on any atom is -0.421 e. The largest absolute Gasteiger partial charge is 0.421 e. The number of ether oxygens (including phenoxy) is 1. The predicted octanol–water partition coefficient (Wildman–Crippen LogP) is 6.38. The van der Waals surface area contributed by atoms with Gasteiger partial charge in [-0.15, -0.1) is 0 Å². The van der Waals surface area contributed by atoms with Crippen molar-refractivity contribution in [1.29, 1.82) is 0 Å². The Morgan fingerprint density at radius 3 is 2.52 bits per heavy atom.